The standard InChI is InChI=1S/C13H21ClN4/c1-11-10-12(17-13(14)16-11)15-6-9-18-7-4-2-3-5-8-18/h10H,2-9H2,1H3,(H,15,16,17). The fourth-order valence-electron chi connectivity index (χ4n) is 2.32. The van der Waals surface area contributed by atoms with Gasteiger partial charge < -0.3 is 10.2 Å². The number of halogens is 1. The number of anilines is 1. The third-order valence-corrected chi connectivity index (χ3v) is 3.43. The van der Waals surface area contributed by atoms with E-state index in [-0.39, 0.29) is 0 Å². The molecular weight excluding hydrogens is 248 g/mol. The third-order valence-electron chi connectivity index (χ3n) is 3.26. The Kier molecular flexibility index (Phi) is 5.20. The molecule has 1 saturated heterocycles. The van der Waals surface area contributed by atoms with Crippen LogP contribution in [0.5, 0.6) is 0 Å². The average molecular weight is 269 g/mol. The first-order valence-corrected chi connectivity index (χ1v) is 7.09. The third kappa shape index (κ3) is 4.42. The van der Waals surface area contributed by atoms with E-state index >= 15 is 0 Å². The van der Waals surface area contributed by atoms with Crippen molar-refractivity contribution >= 4 is 17.4 Å². The van der Waals surface area contributed by atoms with Crippen LogP contribution in [0.3, 0.4) is 0 Å². The molecule has 4 nitrogen and oxygen atoms in total. The Bertz CT molecular complexity index is 355. The minimum atomic E-state index is 0.312. The Balaban J connectivity index is 1.77. The highest BCUT2D eigenvalue weighted by atomic mass is 35.5. The molecule has 0 saturated carbocycles. The summed E-state index contributed by atoms with van der Waals surface area (Å²) in [5.74, 6) is 0.822. The highest BCUT2D eigenvalue weighted by Gasteiger charge is 2.08. The van der Waals surface area contributed by atoms with Gasteiger partial charge in [-0.1, -0.05) is 12.8 Å². The SMILES string of the molecule is Cc1cc(NCCN2CCCCCC2)nc(Cl)n1. The molecule has 18 heavy (non-hydrogen) atoms. The van der Waals surface area contributed by atoms with Crippen LogP contribution >= 0.6 is 11.6 Å². The molecule has 0 unspecified atom stereocenters. The van der Waals surface area contributed by atoms with Gasteiger partial charge in [-0.15, -0.1) is 0 Å². The zero-order valence-electron chi connectivity index (χ0n) is 11.0. The molecule has 100 valence electrons. The number of nitrogens with zero attached hydrogens (tertiary/aromatic N) is 3. The monoisotopic (exact) mass is 268 g/mol. The number of hydrogen-bond acceptors (Lipinski definition) is 4. The quantitative estimate of drug-likeness (QED) is 0.853. The second kappa shape index (κ2) is 6.90. The van der Waals surface area contributed by atoms with Crippen LogP contribution in [-0.2, 0) is 0 Å². The Morgan fingerprint density at radius 1 is 1.22 bits per heavy atom. The predicted octanol–water partition coefficient (Wildman–Crippen LogP) is 2.73. The van der Waals surface area contributed by atoms with Crippen LogP contribution in [0.1, 0.15) is 31.4 Å². The lowest BCUT2D eigenvalue weighted by molar-refractivity contribution is 0.296. The van der Waals surface area contributed by atoms with Crippen LogP contribution < -0.4 is 5.32 Å². The van der Waals surface area contributed by atoms with Gasteiger partial charge in [-0.25, -0.2) is 9.97 Å². The van der Waals surface area contributed by atoms with Gasteiger partial charge in [-0.3, -0.25) is 0 Å². The van der Waals surface area contributed by atoms with E-state index in [1.54, 1.807) is 0 Å². The van der Waals surface area contributed by atoms with E-state index in [9.17, 15) is 0 Å². The molecule has 1 aliphatic heterocycles. The fraction of sp³-hybridized carbons (Fsp3) is 0.692. The highest BCUT2D eigenvalue weighted by molar-refractivity contribution is 6.28. The number of aromatic nitrogens is 2. The average Bonchev–Trinajstić information content (AvgIpc) is 2.56. The summed E-state index contributed by atoms with van der Waals surface area (Å²) in [7, 11) is 0. The fourth-order valence-corrected chi connectivity index (χ4v) is 2.55. The van der Waals surface area contributed by atoms with Crippen molar-refractivity contribution in [3.63, 3.8) is 0 Å². The second-order valence-corrected chi connectivity index (χ2v) is 5.18. The summed E-state index contributed by atoms with van der Waals surface area (Å²) in [6.45, 7) is 6.36. The first kappa shape index (κ1) is 13.6. The first-order valence-electron chi connectivity index (χ1n) is 6.71. The molecule has 0 atom stereocenters. The van der Waals surface area contributed by atoms with E-state index < -0.39 is 0 Å². The zero-order chi connectivity index (χ0) is 12.8. The molecule has 0 spiro atoms. The molecule has 1 aromatic heterocycles. The number of likely N-dealkylation sites (tertiary alicyclic amines) is 1. The van der Waals surface area contributed by atoms with E-state index in [0.717, 1.165) is 24.6 Å². The summed E-state index contributed by atoms with van der Waals surface area (Å²) in [4.78, 5) is 10.7. The molecule has 0 aliphatic carbocycles. The summed E-state index contributed by atoms with van der Waals surface area (Å²) in [6.07, 6.45) is 5.42. The Hall–Kier alpha value is -0.870. The minimum absolute atomic E-state index is 0.312. The van der Waals surface area contributed by atoms with Crippen molar-refractivity contribution in [2.45, 2.75) is 32.6 Å². The second-order valence-electron chi connectivity index (χ2n) is 4.85. The molecule has 1 aromatic rings. The lowest BCUT2D eigenvalue weighted by Gasteiger charge is -2.19. The van der Waals surface area contributed by atoms with Crippen molar-refractivity contribution in [1.29, 1.82) is 0 Å². The summed E-state index contributed by atoms with van der Waals surface area (Å²) in [5, 5.41) is 3.63. The number of rotatable bonds is 4. The van der Waals surface area contributed by atoms with Crippen molar-refractivity contribution in [3.8, 4) is 0 Å². The zero-order valence-corrected chi connectivity index (χ0v) is 11.7. The summed E-state index contributed by atoms with van der Waals surface area (Å²) >= 11 is 5.83. The van der Waals surface area contributed by atoms with Crippen LogP contribution in [-0.4, -0.2) is 41.0 Å². The largest absolute Gasteiger partial charge is 0.369 e. The molecule has 0 aromatic carbocycles. The molecular formula is C13H21ClN4. The van der Waals surface area contributed by atoms with Gasteiger partial charge in [0.15, 0.2) is 0 Å². The normalized spacial score (nSPS) is 17.4. The molecule has 5 heteroatoms. The molecule has 1 aliphatic rings. The van der Waals surface area contributed by atoms with Gasteiger partial charge >= 0.3 is 0 Å². The Morgan fingerprint density at radius 2 is 1.94 bits per heavy atom. The maximum atomic E-state index is 5.83. The van der Waals surface area contributed by atoms with Crippen molar-refractivity contribution in [3.05, 3.63) is 17.0 Å². The summed E-state index contributed by atoms with van der Waals surface area (Å²) in [5.41, 5.74) is 0.896. The number of hydrogen-bond donors (Lipinski definition) is 1. The van der Waals surface area contributed by atoms with Crippen LogP contribution in [0.2, 0.25) is 5.28 Å². The highest BCUT2D eigenvalue weighted by Crippen LogP contribution is 2.11. The predicted molar refractivity (Wildman–Crippen MR) is 75.2 cm³/mol. The van der Waals surface area contributed by atoms with E-state index in [4.69, 9.17) is 11.6 Å². The van der Waals surface area contributed by atoms with Gasteiger partial charge in [0.25, 0.3) is 0 Å². The Labute approximate surface area is 114 Å². The van der Waals surface area contributed by atoms with Crippen molar-refractivity contribution in [1.82, 2.24) is 14.9 Å². The van der Waals surface area contributed by atoms with Crippen molar-refractivity contribution < 1.29 is 0 Å². The van der Waals surface area contributed by atoms with Crippen molar-refractivity contribution in [2.24, 2.45) is 0 Å². The lowest BCUT2D eigenvalue weighted by Crippen LogP contribution is -2.30. The van der Waals surface area contributed by atoms with Crippen LogP contribution in [0.4, 0.5) is 5.82 Å². The molecule has 1 N–H and O–H groups in total. The Morgan fingerprint density at radius 3 is 2.61 bits per heavy atom. The van der Waals surface area contributed by atoms with E-state index in [1.807, 2.05) is 13.0 Å². The maximum absolute atomic E-state index is 5.83. The molecule has 0 amide bonds. The minimum Gasteiger partial charge on any atom is -0.369 e. The van der Waals surface area contributed by atoms with Gasteiger partial charge in [0.1, 0.15) is 5.82 Å². The lowest BCUT2D eigenvalue weighted by atomic mass is 10.2. The molecule has 0 radical (unpaired) electrons. The topological polar surface area (TPSA) is 41.0 Å². The summed E-state index contributed by atoms with van der Waals surface area (Å²) < 4.78 is 0. The van der Waals surface area contributed by atoms with Gasteiger partial charge in [-0.05, 0) is 44.5 Å². The summed E-state index contributed by atoms with van der Waals surface area (Å²) in [6, 6.07) is 1.92. The van der Waals surface area contributed by atoms with E-state index in [0.29, 0.717) is 5.28 Å². The van der Waals surface area contributed by atoms with E-state index in [1.165, 1.54) is 38.8 Å². The van der Waals surface area contributed by atoms with Gasteiger partial charge in [0.05, 0.1) is 0 Å². The smallest absolute Gasteiger partial charge is 0.224 e. The molecule has 0 bridgehead atoms. The van der Waals surface area contributed by atoms with Gasteiger partial charge in [0, 0.05) is 24.8 Å². The van der Waals surface area contributed by atoms with Gasteiger partial charge in [0.2, 0.25) is 5.28 Å². The molecule has 2 heterocycles. The molecule has 1 fully saturated rings. The van der Waals surface area contributed by atoms with Crippen LogP contribution in [0.25, 0.3) is 0 Å². The number of nitrogens with one attached hydrogen (secondary N) is 1. The van der Waals surface area contributed by atoms with E-state index in [2.05, 4.69) is 20.2 Å². The number of aryl methyl sites for hydroxylation is 1. The maximum Gasteiger partial charge on any atom is 0.224 e. The van der Waals surface area contributed by atoms with Gasteiger partial charge in [-0.2, -0.15) is 0 Å². The van der Waals surface area contributed by atoms with Crippen LogP contribution in [0, 0.1) is 6.92 Å². The van der Waals surface area contributed by atoms with Crippen LogP contribution in [0.15, 0.2) is 6.07 Å². The van der Waals surface area contributed by atoms with Crippen molar-refractivity contribution in [2.75, 3.05) is 31.5 Å². The molecule has 2 rings (SSSR count). The first-order chi connectivity index (χ1) is 8.74.